The third-order valence-electron chi connectivity index (χ3n) is 6.62. The summed E-state index contributed by atoms with van der Waals surface area (Å²) in [7, 11) is 0. The van der Waals surface area contributed by atoms with Gasteiger partial charge in [0.25, 0.3) is 0 Å². The van der Waals surface area contributed by atoms with Crippen molar-refractivity contribution < 1.29 is 9.47 Å². The number of rotatable bonds is 3. The molecule has 3 fully saturated rings. The van der Waals surface area contributed by atoms with Crippen molar-refractivity contribution in [2.24, 2.45) is 0 Å². The molecular weight excluding hydrogens is 380 g/mol. The monoisotopic (exact) mass is 410 g/mol. The van der Waals surface area contributed by atoms with Gasteiger partial charge in [-0.1, -0.05) is 0 Å². The van der Waals surface area contributed by atoms with E-state index in [1.807, 2.05) is 18.2 Å². The van der Waals surface area contributed by atoms with E-state index in [9.17, 15) is 5.26 Å². The highest BCUT2D eigenvalue weighted by atomic mass is 16.5. The molecule has 0 radical (unpaired) electrons. The van der Waals surface area contributed by atoms with Crippen LogP contribution in [0.1, 0.15) is 25.5 Å². The molecule has 0 bridgehead atoms. The van der Waals surface area contributed by atoms with Crippen molar-refractivity contribution in [1.82, 2.24) is 19.8 Å². The molecule has 0 amide bonds. The van der Waals surface area contributed by atoms with E-state index in [0.29, 0.717) is 5.69 Å². The zero-order valence-electron chi connectivity index (χ0n) is 17.6. The van der Waals surface area contributed by atoms with Crippen molar-refractivity contribution in [2.45, 2.75) is 37.6 Å². The van der Waals surface area contributed by atoms with E-state index in [4.69, 9.17) is 9.47 Å². The number of hydrogen-bond donors (Lipinski definition) is 1. The van der Waals surface area contributed by atoms with Crippen LogP contribution in [0.25, 0.3) is 5.52 Å². The van der Waals surface area contributed by atoms with E-state index in [1.165, 1.54) is 0 Å². The molecule has 8 heteroatoms. The van der Waals surface area contributed by atoms with Crippen molar-refractivity contribution in [3.05, 3.63) is 30.1 Å². The average Bonchev–Trinajstić information content (AvgIpc) is 3.23. The summed E-state index contributed by atoms with van der Waals surface area (Å²) in [5.41, 5.74) is 2.66. The summed E-state index contributed by atoms with van der Waals surface area (Å²) in [5, 5.41) is 17.1. The average molecular weight is 411 g/mol. The molecular formula is C22H30N6O2. The van der Waals surface area contributed by atoms with Crippen molar-refractivity contribution in [3.8, 4) is 6.07 Å². The Hall–Kier alpha value is -2.18. The molecule has 0 aliphatic carbocycles. The van der Waals surface area contributed by atoms with Crippen LogP contribution >= 0.6 is 0 Å². The van der Waals surface area contributed by atoms with Gasteiger partial charge in [-0.05, 0) is 51.1 Å². The maximum absolute atomic E-state index is 9.36. The largest absolute Gasteiger partial charge is 0.372 e. The van der Waals surface area contributed by atoms with E-state index < -0.39 is 0 Å². The van der Waals surface area contributed by atoms with Crippen LogP contribution in [-0.4, -0.2) is 84.7 Å². The summed E-state index contributed by atoms with van der Waals surface area (Å²) in [6.07, 6.45) is 4.22. The molecule has 5 heterocycles. The highest BCUT2D eigenvalue weighted by molar-refractivity contribution is 5.74. The van der Waals surface area contributed by atoms with Gasteiger partial charge in [0.2, 0.25) is 0 Å². The molecule has 3 aliphatic heterocycles. The molecule has 0 aromatic carbocycles. The van der Waals surface area contributed by atoms with Crippen molar-refractivity contribution in [3.63, 3.8) is 0 Å². The minimum atomic E-state index is 0.0142. The summed E-state index contributed by atoms with van der Waals surface area (Å²) >= 11 is 0. The third kappa shape index (κ3) is 3.79. The zero-order valence-corrected chi connectivity index (χ0v) is 17.6. The zero-order chi connectivity index (χ0) is 20.6. The molecule has 2 aromatic rings. The first-order valence-corrected chi connectivity index (χ1v) is 11.0. The van der Waals surface area contributed by atoms with Crippen LogP contribution in [0.5, 0.6) is 0 Å². The normalized spacial score (nSPS) is 27.4. The maximum atomic E-state index is 9.36. The second-order valence-electron chi connectivity index (χ2n) is 8.83. The van der Waals surface area contributed by atoms with Crippen LogP contribution in [0.4, 0.5) is 5.69 Å². The SMILES string of the molecule is C[C@@H]1CN(c2ccc(C#N)n3nccc23)C[C@H](CN2CCOC3(CCNCC3)C2)O1. The molecule has 5 rings (SSSR count). The number of nitrogens with one attached hydrogen (secondary N) is 1. The lowest BCUT2D eigenvalue weighted by atomic mass is 9.90. The Morgan fingerprint density at radius 1 is 1.27 bits per heavy atom. The number of morpholine rings is 2. The summed E-state index contributed by atoms with van der Waals surface area (Å²) < 4.78 is 14.3. The van der Waals surface area contributed by atoms with E-state index in [0.717, 1.165) is 76.5 Å². The second kappa shape index (κ2) is 8.16. The molecule has 3 aliphatic rings. The predicted molar refractivity (Wildman–Crippen MR) is 114 cm³/mol. The van der Waals surface area contributed by atoms with Crippen LogP contribution in [0.3, 0.4) is 0 Å². The molecule has 1 N–H and O–H groups in total. The van der Waals surface area contributed by atoms with Gasteiger partial charge >= 0.3 is 0 Å². The fraction of sp³-hybridized carbons (Fsp3) is 0.636. The quantitative estimate of drug-likeness (QED) is 0.816. The lowest BCUT2D eigenvalue weighted by Gasteiger charge is -2.47. The van der Waals surface area contributed by atoms with Gasteiger partial charge < -0.3 is 19.7 Å². The first-order valence-electron chi connectivity index (χ1n) is 11.0. The van der Waals surface area contributed by atoms with Crippen LogP contribution in [0.15, 0.2) is 24.4 Å². The van der Waals surface area contributed by atoms with Gasteiger partial charge in [-0.15, -0.1) is 0 Å². The van der Waals surface area contributed by atoms with Crippen LogP contribution in [-0.2, 0) is 9.47 Å². The Balaban J connectivity index is 1.31. The molecule has 2 aromatic heterocycles. The summed E-state index contributed by atoms with van der Waals surface area (Å²) in [4.78, 5) is 4.92. The van der Waals surface area contributed by atoms with E-state index in [2.05, 4.69) is 33.2 Å². The number of hydrogen-bond acceptors (Lipinski definition) is 7. The van der Waals surface area contributed by atoms with Crippen molar-refractivity contribution >= 4 is 11.2 Å². The van der Waals surface area contributed by atoms with E-state index in [-0.39, 0.29) is 17.8 Å². The number of nitriles is 1. The van der Waals surface area contributed by atoms with Gasteiger partial charge in [0.1, 0.15) is 11.8 Å². The van der Waals surface area contributed by atoms with Gasteiger partial charge in [0.15, 0.2) is 0 Å². The van der Waals surface area contributed by atoms with Gasteiger partial charge in [-0.2, -0.15) is 10.4 Å². The fourth-order valence-electron chi connectivity index (χ4n) is 5.25. The third-order valence-corrected chi connectivity index (χ3v) is 6.62. The number of aromatic nitrogens is 2. The minimum absolute atomic E-state index is 0.0142. The second-order valence-corrected chi connectivity index (χ2v) is 8.83. The molecule has 3 saturated heterocycles. The number of piperidine rings is 1. The first-order chi connectivity index (χ1) is 14.7. The highest BCUT2D eigenvalue weighted by Crippen LogP contribution is 2.29. The number of anilines is 1. The van der Waals surface area contributed by atoms with Crippen LogP contribution in [0, 0.1) is 11.3 Å². The molecule has 30 heavy (non-hydrogen) atoms. The summed E-state index contributed by atoms with van der Waals surface area (Å²) in [6.45, 7) is 9.58. The van der Waals surface area contributed by atoms with E-state index >= 15 is 0 Å². The summed E-state index contributed by atoms with van der Waals surface area (Å²) in [5.74, 6) is 0. The maximum Gasteiger partial charge on any atom is 0.142 e. The standard InChI is InChI=1S/C22H30N6O2/c1-17-13-27(20-3-2-18(12-23)28-21(20)4-7-25-28)15-19(30-17)14-26-10-11-29-22(16-26)5-8-24-9-6-22/h2-4,7,17,19,24H,5-6,8-11,13-16H2,1H3/t17-,19+/m1/s1. The molecule has 0 unspecified atom stereocenters. The molecule has 0 saturated carbocycles. The van der Waals surface area contributed by atoms with Crippen molar-refractivity contribution in [1.29, 1.82) is 5.26 Å². The van der Waals surface area contributed by atoms with Crippen LogP contribution < -0.4 is 10.2 Å². The van der Waals surface area contributed by atoms with Gasteiger partial charge in [0.05, 0.1) is 41.8 Å². The predicted octanol–water partition coefficient (Wildman–Crippen LogP) is 1.25. The Labute approximate surface area is 177 Å². The number of ether oxygens (including phenoxy) is 2. The molecule has 8 nitrogen and oxygen atoms in total. The van der Waals surface area contributed by atoms with Gasteiger partial charge in [-0.3, -0.25) is 4.90 Å². The van der Waals surface area contributed by atoms with Crippen LogP contribution in [0.2, 0.25) is 0 Å². The number of nitrogens with zero attached hydrogens (tertiary/aromatic N) is 5. The van der Waals surface area contributed by atoms with Gasteiger partial charge in [0, 0.05) is 32.7 Å². The minimum Gasteiger partial charge on any atom is -0.372 e. The van der Waals surface area contributed by atoms with Crippen molar-refractivity contribution in [2.75, 3.05) is 57.3 Å². The Morgan fingerprint density at radius 2 is 2.13 bits per heavy atom. The molecule has 1 spiro atoms. The number of pyridine rings is 1. The summed E-state index contributed by atoms with van der Waals surface area (Å²) in [6, 6.07) is 8.10. The van der Waals surface area contributed by atoms with Gasteiger partial charge in [-0.25, -0.2) is 4.52 Å². The Kier molecular flexibility index (Phi) is 5.37. The number of fused-ring (bicyclic) bond motifs is 1. The first kappa shape index (κ1) is 19.8. The smallest absolute Gasteiger partial charge is 0.142 e. The Morgan fingerprint density at radius 3 is 2.97 bits per heavy atom. The molecule has 2 atom stereocenters. The lowest BCUT2D eigenvalue weighted by molar-refractivity contribution is -0.134. The fourth-order valence-corrected chi connectivity index (χ4v) is 5.25. The Bertz CT molecular complexity index is 926. The van der Waals surface area contributed by atoms with E-state index in [1.54, 1.807) is 10.7 Å². The molecule has 160 valence electrons. The lowest BCUT2D eigenvalue weighted by Crippen LogP contribution is -2.59. The topological polar surface area (TPSA) is 78.1 Å². The highest BCUT2D eigenvalue weighted by Gasteiger charge is 2.39.